The van der Waals surface area contributed by atoms with Gasteiger partial charge in [0.1, 0.15) is 5.82 Å². The van der Waals surface area contributed by atoms with Crippen molar-refractivity contribution in [2.75, 3.05) is 13.1 Å². The number of likely N-dealkylation sites (tertiary alicyclic amines) is 1. The molecular formula is C21H21ClN4O. The first-order valence-electron chi connectivity index (χ1n) is 9.52. The Kier molecular flexibility index (Phi) is 3.93. The number of benzene rings is 1. The summed E-state index contributed by atoms with van der Waals surface area (Å²) < 4.78 is 2.04. The zero-order chi connectivity index (χ0) is 18.4. The largest absolute Gasteiger partial charge is 0.341 e. The predicted octanol–water partition coefficient (Wildman–Crippen LogP) is 3.82. The molecule has 0 spiro atoms. The van der Waals surface area contributed by atoms with Gasteiger partial charge in [0.2, 0.25) is 5.91 Å². The maximum Gasteiger partial charge on any atom is 0.233 e. The number of fused-ring (bicyclic) bond motifs is 1. The number of hydrogen-bond donors (Lipinski definition) is 0. The Morgan fingerprint density at radius 2 is 2.04 bits per heavy atom. The van der Waals surface area contributed by atoms with Gasteiger partial charge in [-0.25, -0.2) is 0 Å². The van der Waals surface area contributed by atoms with Crippen LogP contribution in [0, 0.1) is 0 Å². The van der Waals surface area contributed by atoms with E-state index in [4.69, 9.17) is 11.6 Å². The smallest absolute Gasteiger partial charge is 0.233 e. The van der Waals surface area contributed by atoms with Crippen LogP contribution < -0.4 is 0 Å². The van der Waals surface area contributed by atoms with Crippen LogP contribution in [0.25, 0.3) is 5.65 Å². The molecule has 1 saturated carbocycles. The summed E-state index contributed by atoms with van der Waals surface area (Å²) in [6, 6.07) is 13.7. The average Bonchev–Trinajstić information content (AvgIpc) is 3.41. The molecule has 0 radical (unpaired) electrons. The minimum absolute atomic E-state index is 0.218. The lowest BCUT2D eigenvalue weighted by atomic mass is 9.91. The number of amides is 1. The average molecular weight is 381 g/mol. The van der Waals surface area contributed by atoms with Crippen molar-refractivity contribution < 1.29 is 4.79 Å². The van der Waals surface area contributed by atoms with E-state index in [0.717, 1.165) is 49.3 Å². The summed E-state index contributed by atoms with van der Waals surface area (Å²) in [7, 11) is 0. The monoisotopic (exact) mass is 380 g/mol. The molecule has 1 unspecified atom stereocenters. The summed E-state index contributed by atoms with van der Waals surface area (Å²) in [6.45, 7) is 1.52. The lowest BCUT2D eigenvalue weighted by molar-refractivity contribution is -0.135. The zero-order valence-corrected chi connectivity index (χ0v) is 15.8. The summed E-state index contributed by atoms with van der Waals surface area (Å²) in [5.74, 6) is 1.41. The van der Waals surface area contributed by atoms with Gasteiger partial charge in [0.15, 0.2) is 5.65 Å². The third-order valence-electron chi connectivity index (χ3n) is 5.95. The number of carbonyl (C=O) groups is 1. The van der Waals surface area contributed by atoms with Gasteiger partial charge in [-0.15, -0.1) is 10.2 Å². The molecule has 5 rings (SSSR count). The first-order chi connectivity index (χ1) is 13.2. The highest BCUT2D eigenvalue weighted by molar-refractivity contribution is 6.30. The molecule has 2 aliphatic rings. The molecule has 1 aromatic carbocycles. The van der Waals surface area contributed by atoms with Gasteiger partial charge in [0.25, 0.3) is 0 Å². The van der Waals surface area contributed by atoms with Crippen molar-refractivity contribution in [3.8, 4) is 0 Å². The van der Waals surface area contributed by atoms with Gasteiger partial charge in [-0.05, 0) is 55.5 Å². The molecule has 1 atom stereocenters. The van der Waals surface area contributed by atoms with Crippen LogP contribution in [0.2, 0.25) is 5.02 Å². The van der Waals surface area contributed by atoms with E-state index in [2.05, 4.69) is 10.2 Å². The van der Waals surface area contributed by atoms with Crippen LogP contribution in [-0.2, 0) is 10.2 Å². The lowest BCUT2D eigenvalue weighted by Gasteiger charge is -2.34. The standard InChI is InChI=1S/C21H21ClN4O/c22-17-7-3-6-16(13-17)21(9-10-21)20(27)25-11-4-5-15(14-25)19-24-23-18-8-1-2-12-26(18)19/h1-3,6-8,12-13,15H,4-5,9-11,14H2. The molecule has 1 aliphatic heterocycles. The quantitative estimate of drug-likeness (QED) is 0.694. The van der Waals surface area contributed by atoms with Crippen molar-refractivity contribution >= 4 is 23.2 Å². The third kappa shape index (κ3) is 2.81. The molecule has 2 fully saturated rings. The summed E-state index contributed by atoms with van der Waals surface area (Å²) in [5.41, 5.74) is 1.53. The number of hydrogen-bond acceptors (Lipinski definition) is 3. The number of piperidine rings is 1. The highest BCUT2D eigenvalue weighted by Crippen LogP contribution is 2.50. The summed E-state index contributed by atoms with van der Waals surface area (Å²) in [4.78, 5) is 15.4. The number of pyridine rings is 1. The van der Waals surface area contributed by atoms with Gasteiger partial charge in [-0.1, -0.05) is 29.8 Å². The van der Waals surface area contributed by atoms with Crippen LogP contribution in [0.15, 0.2) is 48.7 Å². The van der Waals surface area contributed by atoms with E-state index in [1.807, 2.05) is 58.0 Å². The normalized spacial score (nSPS) is 21.4. The van der Waals surface area contributed by atoms with Gasteiger partial charge in [-0.3, -0.25) is 9.20 Å². The Morgan fingerprint density at radius 3 is 2.85 bits per heavy atom. The molecule has 1 amide bonds. The van der Waals surface area contributed by atoms with Crippen molar-refractivity contribution in [1.29, 1.82) is 0 Å². The molecule has 2 aromatic heterocycles. The molecule has 1 saturated heterocycles. The predicted molar refractivity (Wildman–Crippen MR) is 104 cm³/mol. The number of aromatic nitrogens is 3. The second kappa shape index (κ2) is 6.34. The topological polar surface area (TPSA) is 50.5 Å². The molecule has 138 valence electrons. The first-order valence-corrected chi connectivity index (χ1v) is 9.90. The van der Waals surface area contributed by atoms with Crippen LogP contribution in [0.3, 0.4) is 0 Å². The lowest BCUT2D eigenvalue weighted by Crippen LogP contribution is -2.44. The minimum Gasteiger partial charge on any atom is -0.341 e. The highest BCUT2D eigenvalue weighted by Gasteiger charge is 2.53. The molecule has 0 N–H and O–H groups in total. The van der Waals surface area contributed by atoms with Crippen LogP contribution in [0.1, 0.15) is 43.0 Å². The SMILES string of the molecule is O=C(N1CCCC(c2nnc3ccccn23)C1)C1(c2cccc(Cl)c2)CC1. The third-order valence-corrected chi connectivity index (χ3v) is 6.19. The van der Waals surface area contributed by atoms with Crippen LogP contribution >= 0.6 is 11.6 Å². The Morgan fingerprint density at radius 1 is 1.15 bits per heavy atom. The van der Waals surface area contributed by atoms with E-state index >= 15 is 0 Å². The van der Waals surface area contributed by atoms with E-state index in [1.165, 1.54) is 0 Å². The maximum absolute atomic E-state index is 13.4. The zero-order valence-electron chi connectivity index (χ0n) is 15.0. The van der Waals surface area contributed by atoms with E-state index < -0.39 is 0 Å². The Bertz CT molecular complexity index is 1010. The molecule has 5 nitrogen and oxygen atoms in total. The van der Waals surface area contributed by atoms with E-state index in [0.29, 0.717) is 11.6 Å². The van der Waals surface area contributed by atoms with E-state index in [9.17, 15) is 4.79 Å². The minimum atomic E-state index is -0.375. The van der Waals surface area contributed by atoms with Gasteiger partial charge < -0.3 is 4.90 Å². The van der Waals surface area contributed by atoms with Crippen molar-refractivity contribution in [1.82, 2.24) is 19.5 Å². The summed E-state index contributed by atoms with van der Waals surface area (Å²) in [5, 5.41) is 9.39. The highest BCUT2D eigenvalue weighted by atomic mass is 35.5. The maximum atomic E-state index is 13.4. The van der Waals surface area contributed by atoms with Gasteiger partial charge in [0, 0.05) is 30.2 Å². The Balaban J connectivity index is 1.40. The molecule has 0 bridgehead atoms. The van der Waals surface area contributed by atoms with Gasteiger partial charge in [0.05, 0.1) is 5.41 Å². The van der Waals surface area contributed by atoms with Crippen LogP contribution in [0.5, 0.6) is 0 Å². The number of nitrogens with zero attached hydrogens (tertiary/aromatic N) is 4. The molecule has 3 aromatic rings. The van der Waals surface area contributed by atoms with Gasteiger partial charge in [-0.2, -0.15) is 0 Å². The first kappa shape index (κ1) is 16.8. The number of halogens is 1. The fraction of sp³-hybridized carbons (Fsp3) is 0.381. The second-order valence-corrected chi connectivity index (χ2v) is 8.11. The van der Waals surface area contributed by atoms with Crippen LogP contribution in [-0.4, -0.2) is 38.5 Å². The fourth-order valence-electron chi connectivity index (χ4n) is 4.35. The van der Waals surface area contributed by atoms with Crippen molar-refractivity contribution in [2.24, 2.45) is 0 Å². The molecule has 1 aliphatic carbocycles. The van der Waals surface area contributed by atoms with E-state index in [1.54, 1.807) is 0 Å². The number of carbonyl (C=O) groups excluding carboxylic acids is 1. The second-order valence-electron chi connectivity index (χ2n) is 7.67. The van der Waals surface area contributed by atoms with Crippen molar-refractivity contribution in [3.63, 3.8) is 0 Å². The van der Waals surface area contributed by atoms with Crippen LogP contribution in [0.4, 0.5) is 0 Å². The van der Waals surface area contributed by atoms with E-state index in [-0.39, 0.29) is 17.2 Å². The van der Waals surface area contributed by atoms with Crippen molar-refractivity contribution in [2.45, 2.75) is 37.0 Å². The molecule has 6 heteroatoms. The molecular weight excluding hydrogens is 360 g/mol. The Labute approximate surface area is 163 Å². The van der Waals surface area contributed by atoms with Gasteiger partial charge >= 0.3 is 0 Å². The summed E-state index contributed by atoms with van der Waals surface area (Å²) in [6.07, 6.45) is 5.83. The fourth-order valence-corrected chi connectivity index (χ4v) is 4.54. The number of rotatable bonds is 3. The summed E-state index contributed by atoms with van der Waals surface area (Å²) >= 11 is 6.17. The Hall–Kier alpha value is -2.40. The molecule has 27 heavy (non-hydrogen) atoms. The molecule has 3 heterocycles. The van der Waals surface area contributed by atoms with Crippen molar-refractivity contribution in [3.05, 3.63) is 65.1 Å².